The number of nitrogens with two attached hydrogens (primary N) is 1. The van der Waals surface area contributed by atoms with Gasteiger partial charge in [0.05, 0.1) is 0 Å². The zero-order chi connectivity index (χ0) is 36.8. The number of allylic oxidation sites excluding steroid dienone is 2. The number of aryl methyl sites for hydroxylation is 1. The second kappa shape index (κ2) is 15.9. The van der Waals surface area contributed by atoms with Crippen LogP contribution >= 0.6 is 0 Å². The molecule has 51 heavy (non-hydrogen) atoms. The van der Waals surface area contributed by atoms with Gasteiger partial charge in [-0.15, -0.1) is 0 Å². The Bertz CT molecular complexity index is 1780. The third-order valence-corrected chi connectivity index (χ3v) is 9.30. The van der Waals surface area contributed by atoms with Crippen LogP contribution in [-0.2, 0) is 0 Å². The lowest BCUT2D eigenvalue weighted by Gasteiger charge is -2.21. The van der Waals surface area contributed by atoms with E-state index < -0.39 is 5.91 Å². The molecule has 0 spiro atoms. The summed E-state index contributed by atoms with van der Waals surface area (Å²) >= 11 is 0. The van der Waals surface area contributed by atoms with Crippen LogP contribution in [0.15, 0.2) is 127 Å². The number of hydrogen-bond acceptors (Lipinski definition) is 5. The summed E-state index contributed by atoms with van der Waals surface area (Å²) in [5.74, 6) is -0.766. The van der Waals surface area contributed by atoms with Crippen molar-refractivity contribution < 1.29 is 4.79 Å². The van der Waals surface area contributed by atoms with Crippen LogP contribution in [0, 0.1) is 6.92 Å². The van der Waals surface area contributed by atoms with Crippen molar-refractivity contribution >= 4 is 39.8 Å². The van der Waals surface area contributed by atoms with E-state index in [9.17, 15) is 4.79 Å². The third-order valence-electron chi connectivity index (χ3n) is 9.30. The van der Waals surface area contributed by atoms with Crippen LogP contribution in [0.1, 0.15) is 49.7 Å². The lowest BCUT2D eigenvalue weighted by atomic mass is 9.84. The van der Waals surface area contributed by atoms with Crippen molar-refractivity contribution in [2.24, 2.45) is 5.73 Å². The molecule has 0 unspecified atom stereocenters. The molecule has 1 amide bonds. The van der Waals surface area contributed by atoms with Gasteiger partial charge >= 0.3 is 0 Å². The molecular weight excluding hydrogens is 627 g/mol. The molecule has 262 valence electrons. The van der Waals surface area contributed by atoms with Crippen molar-refractivity contribution in [2.45, 2.75) is 12.8 Å². The first kappa shape index (κ1) is 36.5. The number of anilines is 4. The molecule has 6 heteroatoms. The predicted molar refractivity (Wildman–Crippen MR) is 220 cm³/mol. The molecule has 0 aliphatic rings. The molecule has 2 N–H and O–H groups in total. The Morgan fingerprint density at radius 3 is 1.04 bits per heavy atom. The van der Waals surface area contributed by atoms with Crippen LogP contribution in [0.2, 0.25) is 0 Å². The number of nitrogens with zero attached hydrogens (tertiary/aromatic N) is 4. The lowest BCUT2D eigenvalue weighted by molar-refractivity contribution is 0.0999. The van der Waals surface area contributed by atoms with Gasteiger partial charge < -0.3 is 25.3 Å². The van der Waals surface area contributed by atoms with E-state index in [-0.39, 0.29) is 5.92 Å². The Morgan fingerprint density at radius 2 is 0.784 bits per heavy atom. The van der Waals surface area contributed by atoms with Crippen molar-refractivity contribution in [1.29, 1.82) is 0 Å². The Labute approximate surface area is 304 Å². The van der Waals surface area contributed by atoms with E-state index in [2.05, 4.69) is 142 Å². The Kier molecular flexibility index (Phi) is 11.4. The first-order chi connectivity index (χ1) is 24.3. The molecule has 0 aromatic heterocycles. The van der Waals surface area contributed by atoms with Gasteiger partial charge in [0.25, 0.3) is 0 Å². The minimum Gasteiger partial charge on any atom is -0.378 e. The van der Waals surface area contributed by atoms with Crippen LogP contribution in [0.4, 0.5) is 22.7 Å². The maximum absolute atomic E-state index is 13.1. The summed E-state index contributed by atoms with van der Waals surface area (Å²) in [6.45, 7) is 2.06. The number of carbonyl (C=O) groups is 1. The van der Waals surface area contributed by atoms with E-state index in [1.165, 1.54) is 0 Å². The van der Waals surface area contributed by atoms with Crippen LogP contribution in [0.5, 0.6) is 0 Å². The minimum atomic E-state index is -0.448. The quantitative estimate of drug-likeness (QED) is 0.143. The molecule has 0 fully saturated rings. The van der Waals surface area contributed by atoms with E-state index in [4.69, 9.17) is 5.73 Å². The number of amides is 1. The second-order valence-electron chi connectivity index (χ2n) is 13.9. The van der Waals surface area contributed by atoms with E-state index in [0.29, 0.717) is 5.56 Å². The normalized spacial score (nSPS) is 10.8. The molecule has 0 aliphatic carbocycles. The van der Waals surface area contributed by atoms with Crippen LogP contribution in [-0.4, -0.2) is 62.3 Å². The van der Waals surface area contributed by atoms with Gasteiger partial charge in [-0.25, -0.2) is 0 Å². The van der Waals surface area contributed by atoms with Crippen LogP contribution < -0.4 is 25.3 Å². The van der Waals surface area contributed by atoms with Crippen molar-refractivity contribution in [1.82, 2.24) is 0 Å². The van der Waals surface area contributed by atoms with Gasteiger partial charge in [0.15, 0.2) is 0 Å². The summed E-state index contributed by atoms with van der Waals surface area (Å²) in [6.07, 6.45) is 4.58. The molecule has 0 heterocycles. The third kappa shape index (κ3) is 8.71. The van der Waals surface area contributed by atoms with Gasteiger partial charge in [0.1, 0.15) is 0 Å². The molecule has 0 atom stereocenters. The molecular formula is C45H51N5O. The first-order valence-corrected chi connectivity index (χ1v) is 17.3. The molecule has 5 aromatic rings. The molecule has 6 nitrogen and oxygen atoms in total. The lowest BCUT2D eigenvalue weighted by Crippen LogP contribution is -2.15. The van der Waals surface area contributed by atoms with Crippen LogP contribution in [0.3, 0.4) is 0 Å². The van der Waals surface area contributed by atoms with Gasteiger partial charge in [-0.3, -0.25) is 4.79 Å². The minimum absolute atomic E-state index is 0.318. The summed E-state index contributed by atoms with van der Waals surface area (Å²) in [5, 5.41) is 0. The molecule has 5 aromatic carbocycles. The van der Waals surface area contributed by atoms with Gasteiger partial charge in [-0.2, -0.15) is 0 Å². The maximum atomic E-state index is 13.1. The fourth-order valence-corrected chi connectivity index (χ4v) is 6.24. The van der Waals surface area contributed by atoms with Crippen molar-refractivity contribution in [3.05, 3.63) is 166 Å². The Morgan fingerprint density at radius 1 is 0.490 bits per heavy atom. The number of benzene rings is 5. The van der Waals surface area contributed by atoms with Crippen molar-refractivity contribution in [3.8, 4) is 0 Å². The fraction of sp³-hybridized carbons (Fsp3) is 0.222. The maximum Gasteiger partial charge on any atom is 0.249 e. The van der Waals surface area contributed by atoms with Gasteiger partial charge in [0.2, 0.25) is 5.91 Å². The average molecular weight is 678 g/mol. The monoisotopic (exact) mass is 677 g/mol. The number of hydrogen-bond donors (Lipinski definition) is 1. The van der Waals surface area contributed by atoms with E-state index in [0.717, 1.165) is 67.3 Å². The number of rotatable bonds is 12. The molecule has 0 aliphatic heterocycles. The Hall–Kier alpha value is -5.75. The summed E-state index contributed by atoms with van der Waals surface area (Å²) < 4.78 is 0. The molecule has 0 bridgehead atoms. The highest BCUT2D eigenvalue weighted by Crippen LogP contribution is 2.37. The zero-order valence-electron chi connectivity index (χ0n) is 31.5. The fourth-order valence-electron chi connectivity index (χ4n) is 6.24. The average Bonchev–Trinajstić information content (AvgIpc) is 3.12. The van der Waals surface area contributed by atoms with Gasteiger partial charge in [-0.1, -0.05) is 78.4 Å². The van der Waals surface area contributed by atoms with Crippen molar-refractivity contribution in [3.63, 3.8) is 0 Å². The molecule has 0 radical (unpaired) electrons. The van der Waals surface area contributed by atoms with E-state index in [1.54, 1.807) is 0 Å². The topological polar surface area (TPSA) is 56.1 Å². The summed E-state index contributed by atoms with van der Waals surface area (Å²) in [6, 6.07) is 40.5. The van der Waals surface area contributed by atoms with Gasteiger partial charge in [-0.05, 0) is 100 Å². The van der Waals surface area contributed by atoms with E-state index >= 15 is 0 Å². The highest BCUT2D eigenvalue weighted by molar-refractivity contribution is 5.95. The highest BCUT2D eigenvalue weighted by atomic mass is 16.1. The SMILES string of the molecule is Cc1ccc(C(N)=O)c(C(C=C(c2ccc(N(C)C)cc2)c2ccc(N(C)C)cc2)C=C(c2ccc(N(C)C)cc2)c2ccc(N(C)C)cc2)c1. The van der Waals surface area contributed by atoms with Crippen LogP contribution in [0.25, 0.3) is 11.1 Å². The van der Waals surface area contributed by atoms with E-state index in [1.807, 2.05) is 68.5 Å². The van der Waals surface area contributed by atoms with Crippen molar-refractivity contribution in [2.75, 3.05) is 76.0 Å². The standard InChI is InChI=1S/C45H51N5O/c1-31-10-27-41(45(46)51)44(28-31)36(29-42(32-11-19-37(20-12-32)47(2)3)33-13-21-38(22-14-33)48(4)5)30-43(34-15-23-39(24-16-34)49(6)7)35-17-25-40(26-18-35)50(8)9/h10-30,36H,1-9H3,(H2,46,51). The van der Waals surface area contributed by atoms with Gasteiger partial charge in [0, 0.05) is 90.6 Å². The molecule has 0 saturated heterocycles. The molecule has 5 rings (SSSR count). The molecule has 0 saturated carbocycles. The first-order valence-electron chi connectivity index (χ1n) is 17.3. The Balaban J connectivity index is 1.83. The summed E-state index contributed by atoms with van der Waals surface area (Å²) in [7, 11) is 16.4. The summed E-state index contributed by atoms with van der Waals surface area (Å²) in [5.41, 5.74) is 19.5. The zero-order valence-corrected chi connectivity index (χ0v) is 31.5. The summed E-state index contributed by atoms with van der Waals surface area (Å²) in [4.78, 5) is 21.5. The largest absolute Gasteiger partial charge is 0.378 e. The highest BCUT2D eigenvalue weighted by Gasteiger charge is 2.20. The number of carbonyl (C=O) groups excluding carboxylic acids is 1. The smallest absolute Gasteiger partial charge is 0.249 e. The second-order valence-corrected chi connectivity index (χ2v) is 13.9. The number of primary amides is 1. The predicted octanol–water partition coefficient (Wildman–Crippen LogP) is 8.71.